The van der Waals surface area contributed by atoms with Gasteiger partial charge in [-0.2, -0.15) is 4.31 Å². The van der Waals surface area contributed by atoms with Gasteiger partial charge in [-0.3, -0.25) is 4.79 Å². The van der Waals surface area contributed by atoms with Gasteiger partial charge in [-0.1, -0.05) is 6.07 Å². The number of nitrogens with zero attached hydrogens (tertiary/aromatic N) is 1. The van der Waals surface area contributed by atoms with Crippen LogP contribution < -0.4 is 5.32 Å². The standard InChI is InChI=1S/C22H30N2O4S/c1-15-2-3-19(11-20(15)29(26,27)24-4-6-28-7-5-24)21(25)23-22-12-16-8-17(13-22)10-18(9-16)14-22/h2-3,11,16-18H,4-10,12-14H2,1H3,(H,23,25). The van der Waals surface area contributed by atoms with E-state index in [0.29, 0.717) is 37.4 Å². The van der Waals surface area contributed by atoms with Crippen LogP contribution in [0.5, 0.6) is 0 Å². The Morgan fingerprint density at radius 3 is 2.24 bits per heavy atom. The molecule has 7 heteroatoms. The number of nitrogens with one attached hydrogen (secondary N) is 1. The Morgan fingerprint density at radius 1 is 1.07 bits per heavy atom. The van der Waals surface area contributed by atoms with E-state index in [-0.39, 0.29) is 16.3 Å². The normalized spacial score (nSPS) is 34.3. The van der Waals surface area contributed by atoms with E-state index in [4.69, 9.17) is 4.74 Å². The minimum Gasteiger partial charge on any atom is -0.379 e. The molecular weight excluding hydrogens is 388 g/mol. The molecule has 0 unspecified atom stereocenters. The maximum atomic E-state index is 13.2. The van der Waals surface area contributed by atoms with Gasteiger partial charge in [0.05, 0.1) is 18.1 Å². The summed E-state index contributed by atoms with van der Waals surface area (Å²) in [6.07, 6.45) is 7.20. The lowest BCUT2D eigenvalue weighted by Crippen LogP contribution is -2.59. The molecule has 1 amide bonds. The van der Waals surface area contributed by atoms with E-state index in [2.05, 4.69) is 5.32 Å². The molecule has 6 rings (SSSR count). The first-order valence-electron chi connectivity index (χ1n) is 10.9. The summed E-state index contributed by atoms with van der Waals surface area (Å²) < 4.78 is 33.0. The molecule has 0 aromatic heterocycles. The molecule has 1 saturated heterocycles. The zero-order valence-electron chi connectivity index (χ0n) is 17.0. The third kappa shape index (κ3) is 3.51. The third-order valence-electron chi connectivity index (χ3n) is 7.46. The molecule has 1 aromatic rings. The Kier molecular flexibility index (Phi) is 4.76. The van der Waals surface area contributed by atoms with Gasteiger partial charge in [0.1, 0.15) is 0 Å². The molecule has 6 nitrogen and oxygen atoms in total. The van der Waals surface area contributed by atoms with E-state index in [0.717, 1.165) is 37.0 Å². The number of morpholine rings is 1. The molecule has 0 atom stereocenters. The van der Waals surface area contributed by atoms with Crippen LogP contribution in [0.1, 0.15) is 54.4 Å². The van der Waals surface area contributed by atoms with Crippen LogP contribution in [0.25, 0.3) is 0 Å². The highest BCUT2D eigenvalue weighted by molar-refractivity contribution is 7.89. The second kappa shape index (κ2) is 7.06. The van der Waals surface area contributed by atoms with Crippen LogP contribution in [0.15, 0.2) is 23.1 Å². The van der Waals surface area contributed by atoms with Crippen molar-refractivity contribution in [2.75, 3.05) is 26.3 Å². The molecule has 4 saturated carbocycles. The lowest BCUT2D eigenvalue weighted by Gasteiger charge is -2.56. The molecule has 4 aliphatic carbocycles. The van der Waals surface area contributed by atoms with Crippen molar-refractivity contribution in [2.24, 2.45) is 17.8 Å². The van der Waals surface area contributed by atoms with E-state index in [1.807, 2.05) is 0 Å². The number of rotatable bonds is 4. The Balaban J connectivity index is 1.39. The Hall–Kier alpha value is -1.44. The lowest BCUT2D eigenvalue weighted by molar-refractivity contribution is -0.0167. The highest BCUT2D eigenvalue weighted by atomic mass is 32.2. The molecule has 29 heavy (non-hydrogen) atoms. The summed E-state index contributed by atoms with van der Waals surface area (Å²) in [6.45, 7) is 3.31. The molecule has 0 spiro atoms. The molecule has 0 radical (unpaired) electrons. The fourth-order valence-electron chi connectivity index (χ4n) is 6.52. The van der Waals surface area contributed by atoms with Crippen LogP contribution in [0, 0.1) is 24.7 Å². The largest absolute Gasteiger partial charge is 0.379 e. The molecule has 1 aliphatic heterocycles. The summed E-state index contributed by atoms with van der Waals surface area (Å²) in [7, 11) is -3.63. The predicted octanol–water partition coefficient (Wildman–Crippen LogP) is 2.71. The average Bonchev–Trinajstić information content (AvgIpc) is 2.67. The molecule has 1 aromatic carbocycles. The van der Waals surface area contributed by atoms with Crippen molar-refractivity contribution in [2.45, 2.75) is 55.9 Å². The second-order valence-electron chi connectivity index (χ2n) is 9.65. The van der Waals surface area contributed by atoms with Crippen LogP contribution in [0.4, 0.5) is 0 Å². The summed E-state index contributed by atoms with van der Waals surface area (Å²) in [5.74, 6) is 2.11. The molecular formula is C22H30N2O4S. The molecule has 1 heterocycles. The second-order valence-corrected chi connectivity index (χ2v) is 11.6. The summed E-state index contributed by atoms with van der Waals surface area (Å²) in [6, 6.07) is 5.07. The average molecular weight is 419 g/mol. The van der Waals surface area contributed by atoms with Crippen LogP contribution in [0.2, 0.25) is 0 Å². The summed E-state index contributed by atoms with van der Waals surface area (Å²) in [5, 5.41) is 3.35. The highest BCUT2D eigenvalue weighted by Crippen LogP contribution is 2.55. The molecule has 5 fully saturated rings. The van der Waals surface area contributed by atoms with Gasteiger partial charge < -0.3 is 10.1 Å². The van der Waals surface area contributed by atoms with Crippen molar-refractivity contribution in [3.8, 4) is 0 Å². The molecule has 4 bridgehead atoms. The summed E-state index contributed by atoms with van der Waals surface area (Å²) in [5.41, 5.74) is 1.03. The van der Waals surface area contributed by atoms with Gasteiger partial charge in [-0.05, 0) is 80.9 Å². The van der Waals surface area contributed by atoms with Gasteiger partial charge >= 0.3 is 0 Å². The zero-order chi connectivity index (χ0) is 20.2. The number of hydrogen-bond donors (Lipinski definition) is 1. The van der Waals surface area contributed by atoms with Gasteiger partial charge in [0.2, 0.25) is 10.0 Å². The van der Waals surface area contributed by atoms with Gasteiger partial charge in [-0.25, -0.2) is 8.42 Å². The number of carbonyl (C=O) groups is 1. The molecule has 5 aliphatic rings. The first kappa shape index (κ1) is 19.5. The van der Waals surface area contributed by atoms with Crippen LogP contribution >= 0.6 is 0 Å². The quantitative estimate of drug-likeness (QED) is 0.816. The van der Waals surface area contributed by atoms with Gasteiger partial charge in [0.25, 0.3) is 5.91 Å². The Morgan fingerprint density at radius 2 is 1.66 bits per heavy atom. The number of carbonyl (C=O) groups excluding carboxylic acids is 1. The zero-order valence-corrected chi connectivity index (χ0v) is 17.8. The van der Waals surface area contributed by atoms with Crippen LogP contribution in [-0.4, -0.2) is 50.5 Å². The van der Waals surface area contributed by atoms with E-state index in [1.54, 1.807) is 25.1 Å². The van der Waals surface area contributed by atoms with Crippen molar-refractivity contribution in [3.63, 3.8) is 0 Å². The first-order chi connectivity index (χ1) is 13.8. The topological polar surface area (TPSA) is 75.7 Å². The highest BCUT2D eigenvalue weighted by Gasteiger charge is 2.51. The smallest absolute Gasteiger partial charge is 0.251 e. The van der Waals surface area contributed by atoms with Crippen molar-refractivity contribution in [1.29, 1.82) is 0 Å². The van der Waals surface area contributed by atoms with Gasteiger partial charge in [0, 0.05) is 24.2 Å². The van der Waals surface area contributed by atoms with E-state index in [9.17, 15) is 13.2 Å². The van der Waals surface area contributed by atoms with Gasteiger partial charge in [-0.15, -0.1) is 0 Å². The fourth-order valence-corrected chi connectivity index (χ4v) is 8.18. The maximum absolute atomic E-state index is 13.2. The lowest BCUT2D eigenvalue weighted by atomic mass is 9.53. The Labute approximate surface area is 173 Å². The summed E-state index contributed by atoms with van der Waals surface area (Å²) in [4.78, 5) is 13.4. The molecule has 158 valence electrons. The van der Waals surface area contributed by atoms with Crippen LogP contribution in [-0.2, 0) is 14.8 Å². The SMILES string of the molecule is Cc1ccc(C(=O)NC23CC4CC(CC(C4)C2)C3)cc1S(=O)(=O)N1CCOCC1. The van der Waals surface area contributed by atoms with Crippen molar-refractivity contribution >= 4 is 15.9 Å². The van der Waals surface area contributed by atoms with Crippen LogP contribution in [0.3, 0.4) is 0 Å². The number of aryl methyl sites for hydroxylation is 1. The number of amides is 1. The molecule has 1 N–H and O–H groups in total. The fraction of sp³-hybridized carbons (Fsp3) is 0.682. The minimum absolute atomic E-state index is 0.0834. The number of benzene rings is 1. The number of hydrogen-bond acceptors (Lipinski definition) is 4. The minimum atomic E-state index is -3.63. The van der Waals surface area contributed by atoms with Crippen molar-refractivity contribution in [1.82, 2.24) is 9.62 Å². The van der Waals surface area contributed by atoms with Crippen molar-refractivity contribution < 1.29 is 17.9 Å². The Bertz CT molecular complexity index is 885. The van der Waals surface area contributed by atoms with E-state index in [1.165, 1.54) is 23.6 Å². The number of sulfonamides is 1. The van der Waals surface area contributed by atoms with E-state index >= 15 is 0 Å². The monoisotopic (exact) mass is 418 g/mol. The van der Waals surface area contributed by atoms with Crippen molar-refractivity contribution in [3.05, 3.63) is 29.3 Å². The van der Waals surface area contributed by atoms with Gasteiger partial charge in [0.15, 0.2) is 0 Å². The first-order valence-corrected chi connectivity index (χ1v) is 12.3. The predicted molar refractivity (Wildman–Crippen MR) is 109 cm³/mol. The van der Waals surface area contributed by atoms with E-state index < -0.39 is 10.0 Å². The number of ether oxygens (including phenoxy) is 1. The summed E-state index contributed by atoms with van der Waals surface area (Å²) >= 11 is 0. The maximum Gasteiger partial charge on any atom is 0.251 e. The third-order valence-corrected chi connectivity index (χ3v) is 9.50.